The molecule has 0 saturated carbocycles. The number of hydrogen-bond donors (Lipinski definition) is 1. The molecule has 124 valence electrons. The highest BCUT2D eigenvalue weighted by atomic mass is 32.1. The van der Waals surface area contributed by atoms with Gasteiger partial charge in [0.25, 0.3) is 5.91 Å². The van der Waals surface area contributed by atoms with Crippen LogP contribution in [0.5, 0.6) is 0 Å². The number of thiophene rings is 1. The molecule has 0 aliphatic carbocycles. The number of halogens is 1. The molecule has 4 nitrogen and oxygen atoms in total. The van der Waals surface area contributed by atoms with Crippen molar-refractivity contribution in [3.05, 3.63) is 82.7 Å². The van der Waals surface area contributed by atoms with Gasteiger partial charge in [0.2, 0.25) is 5.82 Å². The Balaban J connectivity index is 1.71. The molecule has 1 N–H and O–H groups in total. The zero-order chi connectivity index (χ0) is 17.2. The second-order valence-corrected chi connectivity index (χ2v) is 6.54. The second kappa shape index (κ2) is 6.49. The van der Waals surface area contributed by atoms with Gasteiger partial charge in [0.1, 0.15) is 5.82 Å². The van der Waals surface area contributed by atoms with Crippen molar-refractivity contribution in [2.75, 3.05) is 0 Å². The van der Waals surface area contributed by atoms with Gasteiger partial charge < -0.3 is 5.32 Å². The molecule has 0 saturated heterocycles. The molecule has 1 amide bonds. The summed E-state index contributed by atoms with van der Waals surface area (Å²) in [5.74, 6) is -0.240. The fraction of sp³-hybridized carbons (Fsp3) is 0.0526. The first-order valence-electron chi connectivity index (χ1n) is 7.76. The van der Waals surface area contributed by atoms with Crippen molar-refractivity contribution >= 4 is 22.8 Å². The highest BCUT2D eigenvalue weighted by Gasteiger charge is 2.18. The Labute approximate surface area is 147 Å². The van der Waals surface area contributed by atoms with Gasteiger partial charge >= 0.3 is 0 Å². The third kappa shape index (κ3) is 3.04. The highest BCUT2D eigenvalue weighted by molar-refractivity contribution is 7.09. The number of imidazole rings is 1. The fourth-order valence-electron chi connectivity index (χ4n) is 2.68. The predicted molar refractivity (Wildman–Crippen MR) is 96.1 cm³/mol. The van der Waals surface area contributed by atoms with Crippen LogP contribution < -0.4 is 5.32 Å². The molecule has 4 aromatic rings. The summed E-state index contributed by atoms with van der Waals surface area (Å²) in [5, 5.41) is 4.87. The fourth-order valence-corrected chi connectivity index (χ4v) is 3.32. The predicted octanol–water partition coefficient (Wildman–Crippen LogP) is 4.13. The average molecular weight is 351 g/mol. The van der Waals surface area contributed by atoms with Crippen LogP contribution in [0.1, 0.15) is 15.5 Å². The molecular weight excluding hydrogens is 337 g/mol. The molecule has 25 heavy (non-hydrogen) atoms. The number of aromatic nitrogens is 2. The first-order chi connectivity index (χ1) is 12.2. The summed E-state index contributed by atoms with van der Waals surface area (Å²) in [4.78, 5) is 18.2. The van der Waals surface area contributed by atoms with Crippen LogP contribution in [0.3, 0.4) is 0 Å². The largest absolute Gasteiger partial charge is 0.344 e. The monoisotopic (exact) mass is 351 g/mol. The van der Waals surface area contributed by atoms with Crippen molar-refractivity contribution in [3.63, 3.8) is 0 Å². The van der Waals surface area contributed by atoms with Crippen molar-refractivity contribution in [1.29, 1.82) is 0 Å². The topological polar surface area (TPSA) is 46.4 Å². The Morgan fingerprint density at radius 1 is 1.12 bits per heavy atom. The Bertz CT molecular complexity index is 1020. The zero-order valence-corrected chi connectivity index (χ0v) is 14.0. The standard InChI is InChI=1S/C19H14FN3OS/c20-14-8-6-13(7-9-14)17-16-5-1-2-10-23(16)18(22-17)19(24)21-12-15-4-3-11-25-15/h1-11H,12H2,(H,21,24). The van der Waals surface area contributed by atoms with Crippen LogP contribution in [0.4, 0.5) is 4.39 Å². The van der Waals surface area contributed by atoms with Crippen LogP contribution in [-0.4, -0.2) is 15.3 Å². The van der Waals surface area contributed by atoms with Crippen LogP contribution >= 0.6 is 11.3 Å². The number of rotatable bonds is 4. The summed E-state index contributed by atoms with van der Waals surface area (Å²) in [6, 6.07) is 15.6. The molecule has 0 aliphatic rings. The second-order valence-electron chi connectivity index (χ2n) is 5.51. The van der Waals surface area contributed by atoms with Crippen molar-refractivity contribution in [1.82, 2.24) is 14.7 Å². The van der Waals surface area contributed by atoms with Gasteiger partial charge in [0.05, 0.1) is 17.8 Å². The summed E-state index contributed by atoms with van der Waals surface area (Å²) in [6.45, 7) is 0.462. The minimum Gasteiger partial charge on any atom is -0.344 e. The lowest BCUT2D eigenvalue weighted by Gasteiger charge is -2.02. The highest BCUT2D eigenvalue weighted by Crippen LogP contribution is 2.25. The first-order valence-corrected chi connectivity index (χ1v) is 8.64. The summed E-state index contributed by atoms with van der Waals surface area (Å²) in [5.41, 5.74) is 2.22. The first kappa shape index (κ1) is 15.5. The summed E-state index contributed by atoms with van der Waals surface area (Å²) in [7, 11) is 0. The lowest BCUT2D eigenvalue weighted by atomic mass is 10.1. The van der Waals surface area contributed by atoms with Gasteiger partial charge in [-0.25, -0.2) is 9.37 Å². The SMILES string of the molecule is O=C(NCc1cccs1)c1nc(-c2ccc(F)cc2)c2ccccn12. The number of fused-ring (bicyclic) bond motifs is 1. The lowest BCUT2D eigenvalue weighted by Crippen LogP contribution is -2.24. The number of nitrogens with zero attached hydrogens (tertiary/aromatic N) is 2. The quantitative estimate of drug-likeness (QED) is 0.601. The molecule has 4 rings (SSSR count). The van der Waals surface area contributed by atoms with E-state index < -0.39 is 0 Å². The van der Waals surface area contributed by atoms with Crippen molar-refractivity contribution in [2.45, 2.75) is 6.54 Å². The minimum absolute atomic E-state index is 0.247. The van der Waals surface area contributed by atoms with Crippen LogP contribution in [0.2, 0.25) is 0 Å². The molecule has 0 unspecified atom stereocenters. The smallest absolute Gasteiger partial charge is 0.287 e. The lowest BCUT2D eigenvalue weighted by molar-refractivity contribution is 0.0940. The normalized spacial score (nSPS) is 10.9. The number of hydrogen-bond acceptors (Lipinski definition) is 3. The van der Waals surface area contributed by atoms with E-state index in [1.807, 2.05) is 35.7 Å². The van der Waals surface area contributed by atoms with Crippen LogP contribution in [0.15, 0.2) is 66.2 Å². The number of nitrogens with one attached hydrogen (secondary N) is 1. The maximum absolute atomic E-state index is 13.2. The van der Waals surface area contributed by atoms with Gasteiger partial charge in [-0.15, -0.1) is 11.3 Å². The average Bonchev–Trinajstić information content (AvgIpc) is 3.28. The number of benzene rings is 1. The number of pyridine rings is 1. The van der Waals surface area contributed by atoms with E-state index in [1.165, 1.54) is 12.1 Å². The van der Waals surface area contributed by atoms with Crippen molar-refractivity contribution in [3.8, 4) is 11.3 Å². The molecule has 0 atom stereocenters. The van der Waals surface area contributed by atoms with E-state index in [1.54, 1.807) is 34.1 Å². The molecule has 1 aromatic carbocycles. The van der Waals surface area contributed by atoms with Crippen molar-refractivity contribution < 1.29 is 9.18 Å². The van der Waals surface area contributed by atoms with Gasteiger partial charge in [0.15, 0.2) is 0 Å². The van der Waals surface area contributed by atoms with Crippen LogP contribution in [0.25, 0.3) is 16.8 Å². The molecular formula is C19H14FN3OS. The van der Waals surface area contributed by atoms with Crippen molar-refractivity contribution in [2.24, 2.45) is 0 Å². The zero-order valence-electron chi connectivity index (χ0n) is 13.1. The molecule has 3 heterocycles. The molecule has 0 fully saturated rings. The van der Waals surface area contributed by atoms with E-state index >= 15 is 0 Å². The Morgan fingerprint density at radius 2 is 1.96 bits per heavy atom. The summed E-state index contributed by atoms with van der Waals surface area (Å²) in [6.07, 6.45) is 1.80. The molecule has 6 heteroatoms. The van der Waals surface area contributed by atoms with E-state index in [-0.39, 0.29) is 11.7 Å². The number of carbonyl (C=O) groups excluding carboxylic acids is 1. The van der Waals surface area contributed by atoms with Gasteiger partial charge in [-0.1, -0.05) is 12.1 Å². The molecule has 0 spiro atoms. The van der Waals surface area contributed by atoms with Crippen LogP contribution in [-0.2, 0) is 6.54 Å². The number of amides is 1. The van der Waals surface area contributed by atoms with Gasteiger partial charge in [-0.3, -0.25) is 9.20 Å². The van der Waals surface area contributed by atoms with Crippen LogP contribution in [0, 0.1) is 5.82 Å². The van der Waals surface area contributed by atoms with Gasteiger partial charge in [-0.2, -0.15) is 0 Å². The minimum atomic E-state index is -0.304. The van der Waals surface area contributed by atoms with E-state index in [0.29, 0.717) is 18.1 Å². The molecule has 3 aromatic heterocycles. The van der Waals surface area contributed by atoms with Gasteiger partial charge in [-0.05, 0) is 47.8 Å². The van der Waals surface area contributed by atoms with E-state index in [0.717, 1.165) is 16.0 Å². The Kier molecular flexibility index (Phi) is 4.03. The van der Waals surface area contributed by atoms with E-state index in [2.05, 4.69) is 10.3 Å². The maximum atomic E-state index is 13.2. The third-order valence-corrected chi connectivity index (χ3v) is 4.75. The van der Waals surface area contributed by atoms with E-state index in [4.69, 9.17) is 0 Å². The third-order valence-electron chi connectivity index (χ3n) is 3.87. The maximum Gasteiger partial charge on any atom is 0.287 e. The summed E-state index contributed by atoms with van der Waals surface area (Å²) < 4.78 is 14.9. The number of carbonyl (C=O) groups is 1. The summed E-state index contributed by atoms with van der Waals surface area (Å²) >= 11 is 1.59. The Morgan fingerprint density at radius 3 is 2.72 bits per heavy atom. The molecule has 0 aliphatic heterocycles. The molecule has 0 radical (unpaired) electrons. The molecule has 0 bridgehead atoms. The Hall–Kier alpha value is -2.99. The van der Waals surface area contributed by atoms with Gasteiger partial charge in [0, 0.05) is 16.6 Å². The van der Waals surface area contributed by atoms with E-state index in [9.17, 15) is 9.18 Å².